The summed E-state index contributed by atoms with van der Waals surface area (Å²) in [4.78, 5) is 22.2. The van der Waals surface area contributed by atoms with Crippen LogP contribution < -0.4 is 0 Å². The van der Waals surface area contributed by atoms with Gasteiger partial charge in [0.2, 0.25) is 0 Å². The Kier molecular flexibility index (Phi) is 3.37. The van der Waals surface area contributed by atoms with Crippen molar-refractivity contribution in [1.82, 2.24) is 19.7 Å². The Bertz CT molecular complexity index is 924. The van der Waals surface area contributed by atoms with Crippen LogP contribution in [0.4, 0.5) is 0 Å². The fourth-order valence-corrected chi connectivity index (χ4v) is 4.74. The maximum Gasteiger partial charge on any atom is 0.264 e. The number of H-pyrrole nitrogens is 1. The largest absolute Gasteiger partial charge is 0.492 e. The lowest BCUT2D eigenvalue weighted by Gasteiger charge is -2.21. The molecule has 25 heavy (non-hydrogen) atoms. The summed E-state index contributed by atoms with van der Waals surface area (Å²) in [5.41, 5.74) is 3.93. The van der Waals surface area contributed by atoms with Gasteiger partial charge in [-0.1, -0.05) is 0 Å². The number of dihydropyridines is 1. The van der Waals surface area contributed by atoms with Crippen LogP contribution in [0.15, 0.2) is 53.0 Å². The number of ether oxygens (including phenoxy) is 1. The van der Waals surface area contributed by atoms with Crippen LogP contribution >= 0.6 is 11.8 Å². The van der Waals surface area contributed by atoms with Crippen LogP contribution in [0.25, 0.3) is 4.91 Å². The second kappa shape index (κ2) is 5.73. The fraction of sp³-hybridized carbons (Fsp3) is 0.294. The van der Waals surface area contributed by atoms with Crippen LogP contribution in [0.2, 0.25) is 0 Å². The zero-order valence-electron chi connectivity index (χ0n) is 13.3. The van der Waals surface area contributed by atoms with Crippen molar-refractivity contribution in [3.05, 3.63) is 53.6 Å². The Morgan fingerprint density at radius 3 is 3.20 bits per heavy atom. The highest BCUT2D eigenvalue weighted by atomic mass is 32.2. The van der Waals surface area contributed by atoms with Crippen molar-refractivity contribution in [2.45, 2.75) is 24.6 Å². The van der Waals surface area contributed by atoms with Gasteiger partial charge >= 0.3 is 0 Å². The van der Waals surface area contributed by atoms with E-state index in [-0.39, 0.29) is 11.2 Å². The molecule has 0 aromatic carbocycles. The number of carbonyl (C=O) groups excluding carboxylic acids is 1. The molecule has 0 radical (unpaired) electrons. The molecular formula is C17H15N5O2S. The molecule has 3 aliphatic heterocycles. The molecular weight excluding hydrogens is 338 g/mol. The molecule has 7 nitrogen and oxygen atoms in total. The van der Waals surface area contributed by atoms with Crippen molar-refractivity contribution in [3.8, 4) is 0 Å². The lowest BCUT2D eigenvalue weighted by molar-refractivity contribution is -0.116. The number of hydrogen-bond acceptors (Lipinski definition) is 5. The van der Waals surface area contributed by atoms with Gasteiger partial charge < -0.3 is 9.30 Å². The predicted octanol–water partition coefficient (Wildman–Crippen LogP) is 2.18. The molecule has 0 spiro atoms. The first kappa shape index (κ1) is 14.7. The molecule has 0 saturated heterocycles. The van der Waals surface area contributed by atoms with Crippen LogP contribution in [0.3, 0.4) is 0 Å². The second-order valence-corrected chi connectivity index (χ2v) is 7.23. The number of nitrogens with one attached hydrogen (secondary N) is 1. The van der Waals surface area contributed by atoms with E-state index in [1.807, 2.05) is 17.0 Å². The van der Waals surface area contributed by atoms with E-state index in [0.717, 1.165) is 45.9 Å². The van der Waals surface area contributed by atoms with E-state index in [9.17, 15) is 4.79 Å². The van der Waals surface area contributed by atoms with Gasteiger partial charge in [-0.2, -0.15) is 5.10 Å². The summed E-state index contributed by atoms with van der Waals surface area (Å²) in [6, 6.07) is 0. The third-order valence-electron chi connectivity index (χ3n) is 4.56. The molecule has 0 saturated carbocycles. The van der Waals surface area contributed by atoms with E-state index in [4.69, 9.17) is 4.74 Å². The van der Waals surface area contributed by atoms with Crippen molar-refractivity contribution < 1.29 is 9.53 Å². The molecule has 2 aromatic rings. The van der Waals surface area contributed by atoms with Crippen molar-refractivity contribution in [2.24, 2.45) is 4.99 Å². The molecule has 3 aliphatic rings. The maximum absolute atomic E-state index is 12.7. The monoisotopic (exact) mass is 353 g/mol. The van der Waals surface area contributed by atoms with Gasteiger partial charge in [0.25, 0.3) is 5.91 Å². The molecule has 5 rings (SSSR count). The minimum atomic E-state index is -0.306. The lowest BCUT2D eigenvalue weighted by atomic mass is 9.92. The Morgan fingerprint density at radius 2 is 2.40 bits per heavy atom. The van der Waals surface area contributed by atoms with E-state index in [1.54, 1.807) is 18.7 Å². The van der Waals surface area contributed by atoms with E-state index in [0.29, 0.717) is 13.2 Å². The third kappa shape index (κ3) is 2.36. The summed E-state index contributed by atoms with van der Waals surface area (Å²) in [6.07, 6.45) is 10.7. The number of aromatic amines is 1. The first-order chi connectivity index (χ1) is 12.3. The summed E-state index contributed by atoms with van der Waals surface area (Å²) in [5, 5.41) is 6.56. The summed E-state index contributed by atoms with van der Waals surface area (Å²) in [5.74, 6) is 0.718. The average molecular weight is 353 g/mol. The van der Waals surface area contributed by atoms with Crippen molar-refractivity contribution in [2.75, 3.05) is 6.61 Å². The maximum atomic E-state index is 12.7. The smallest absolute Gasteiger partial charge is 0.264 e. The van der Waals surface area contributed by atoms with Crippen LogP contribution in [-0.4, -0.2) is 43.2 Å². The van der Waals surface area contributed by atoms with Crippen molar-refractivity contribution in [1.29, 1.82) is 0 Å². The summed E-state index contributed by atoms with van der Waals surface area (Å²) in [6.45, 7) is 1.19. The molecule has 5 heterocycles. The van der Waals surface area contributed by atoms with Crippen LogP contribution in [0.5, 0.6) is 0 Å². The van der Waals surface area contributed by atoms with Gasteiger partial charge in [0.1, 0.15) is 11.0 Å². The first-order valence-electron chi connectivity index (χ1n) is 8.15. The number of hydrogen-bond donors (Lipinski definition) is 1. The molecule has 1 unspecified atom stereocenters. The number of allylic oxidation sites excluding steroid dienone is 2. The number of aliphatic imine (C=N–C) groups is 1. The Balaban J connectivity index is 1.64. The molecule has 0 bridgehead atoms. The molecule has 1 amide bonds. The zero-order valence-corrected chi connectivity index (χ0v) is 14.1. The van der Waals surface area contributed by atoms with Crippen molar-refractivity contribution in [3.63, 3.8) is 0 Å². The number of nitrogens with zero attached hydrogens (tertiary/aromatic N) is 4. The normalized spacial score (nSPS) is 22.6. The number of carbonyl (C=O) groups is 1. The molecule has 1 N–H and O–H groups in total. The van der Waals surface area contributed by atoms with Crippen LogP contribution in [-0.2, 0) is 16.1 Å². The first-order valence-corrected chi connectivity index (χ1v) is 9.03. The number of thioether (sulfide) groups is 1. The van der Waals surface area contributed by atoms with E-state index in [1.165, 1.54) is 11.8 Å². The summed E-state index contributed by atoms with van der Waals surface area (Å²) in [7, 11) is 0. The minimum absolute atomic E-state index is 0.111. The molecule has 1 atom stereocenters. The topological polar surface area (TPSA) is 85.2 Å². The Morgan fingerprint density at radius 1 is 1.44 bits per heavy atom. The minimum Gasteiger partial charge on any atom is -0.492 e. The molecule has 0 fully saturated rings. The molecule has 2 aromatic heterocycles. The highest BCUT2D eigenvalue weighted by Gasteiger charge is 2.43. The quantitative estimate of drug-likeness (QED) is 0.914. The standard InChI is InChI=1S/C17H15N5O2S/c23-17-16-13-11(12(21-17)8-22-4-3-18-9-22)2-1-5-24-14(13)15(25-16)10-6-19-20-7-10/h3-4,6-7,9,16H,1-2,5,8H2,(H,19,20). The van der Waals surface area contributed by atoms with Gasteiger partial charge in [-0.3, -0.25) is 9.89 Å². The molecule has 0 aliphatic carbocycles. The third-order valence-corrected chi connectivity index (χ3v) is 5.89. The van der Waals surface area contributed by atoms with E-state index in [2.05, 4.69) is 20.2 Å². The molecule has 126 valence electrons. The second-order valence-electron chi connectivity index (χ2n) is 6.12. The number of aromatic nitrogens is 4. The zero-order chi connectivity index (χ0) is 16.8. The summed E-state index contributed by atoms with van der Waals surface area (Å²) >= 11 is 1.52. The highest BCUT2D eigenvalue weighted by molar-refractivity contribution is 8.10. The van der Waals surface area contributed by atoms with Gasteiger partial charge in [0, 0.05) is 29.7 Å². The molecule has 8 heteroatoms. The predicted molar refractivity (Wildman–Crippen MR) is 93.8 cm³/mol. The van der Waals surface area contributed by atoms with Gasteiger partial charge in [-0.25, -0.2) is 9.98 Å². The summed E-state index contributed by atoms with van der Waals surface area (Å²) < 4.78 is 8.00. The number of imidazole rings is 1. The fourth-order valence-electron chi connectivity index (χ4n) is 3.46. The number of rotatable bonds is 3. The average Bonchev–Trinajstić information content (AvgIpc) is 3.32. The van der Waals surface area contributed by atoms with E-state index < -0.39 is 0 Å². The highest BCUT2D eigenvalue weighted by Crippen LogP contribution is 2.51. The van der Waals surface area contributed by atoms with Crippen LogP contribution in [0, 0.1) is 0 Å². The Hall–Kier alpha value is -2.61. The van der Waals surface area contributed by atoms with Crippen molar-refractivity contribution >= 4 is 28.3 Å². The van der Waals surface area contributed by atoms with Gasteiger partial charge in [0.05, 0.1) is 36.3 Å². The SMILES string of the molecule is O=C1N=C(Cn2ccnc2)C2=C3C(=C(c4cn[nH]c4)SC13)OCCC2. The Labute approximate surface area is 147 Å². The van der Waals surface area contributed by atoms with Gasteiger partial charge in [0.15, 0.2) is 0 Å². The lowest BCUT2D eigenvalue weighted by Crippen LogP contribution is -2.28. The van der Waals surface area contributed by atoms with Crippen LogP contribution in [0.1, 0.15) is 18.4 Å². The van der Waals surface area contributed by atoms with Gasteiger partial charge in [-0.05, 0) is 18.4 Å². The van der Waals surface area contributed by atoms with Gasteiger partial charge in [-0.15, -0.1) is 11.8 Å². The number of amides is 1. The van der Waals surface area contributed by atoms with E-state index >= 15 is 0 Å².